The first kappa shape index (κ1) is 13.5. The summed E-state index contributed by atoms with van der Waals surface area (Å²) in [6.07, 6.45) is 3.67. The van der Waals surface area contributed by atoms with Gasteiger partial charge in [0.15, 0.2) is 0 Å². The third-order valence-corrected chi connectivity index (χ3v) is 4.16. The molecule has 0 spiro atoms. The number of nitrogens with zero attached hydrogens (tertiary/aromatic N) is 1. The number of hydrogen-bond donors (Lipinski definition) is 1. The minimum Gasteiger partial charge on any atom is -0.481 e. The Morgan fingerprint density at radius 2 is 1.94 bits per heavy atom. The van der Waals surface area contributed by atoms with Crippen molar-refractivity contribution in [3.05, 3.63) is 0 Å². The van der Waals surface area contributed by atoms with E-state index in [1.165, 1.54) is 6.42 Å². The van der Waals surface area contributed by atoms with Gasteiger partial charge in [-0.25, -0.2) is 0 Å². The lowest BCUT2D eigenvalue weighted by Gasteiger charge is -2.38. The molecule has 3 heteroatoms. The van der Waals surface area contributed by atoms with Gasteiger partial charge in [-0.2, -0.15) is 0 Å². The van der Waals surface area contributed by atoms with Gasteiger partial charge in [-0.1, -0.05) is 20.3 Å². The molecule has 1 saturated heterocycles. The summed E-state index contributed by atoms with van der Waals surface area (Å²) in [6, 6.07) is 0.635. The molecule has 94 valence electrons. The van der Waals surface area contributed by atoms with Crippen molar-refractivity contribution in [3.63, 3.8) is 0 Å². The van der Waals surface area contributed by atoms with Crippen molar-refractivity contribution < 1.29 is 9.90 Å². The molecular formula is C13H25NO2. The molecule has 1 fully saturated rings. The summed E-state index contributed by atoms with van der Waals surface area (Å²) in [7, 11) is 0. The van der Waals surface area contributed by atoms with Gasteiger partial charge in [0.1, 0.15) is 0 Å². The molecule has 0 aromatic carbocycles. The first-order valence-corrected chi connectivity index (χ1v) is 6.50. The second kappa shape index (κ2) is 6.24. The van der Waals surface area contributed by atoms with E-state index in [-0.39, 0.29) is 0 Å². The van der Waals surface area contributed by atoms with E-state index < -0.39 is 5.97 Å². The Morgan fingerprint density at radius 3 is 2.38 bits per heavy atom. The molecule has 0 aromatic heterocycles. The molecule has 0 bridgehead atoms. The summed E-state index contributed by atoms with van der Waals surface area (Å²) in [6.45, 7) is 8.98. The number of rotatable bonds is 5. The van der Waals surface area contributed by atoms with E-state index in [2.05, 4.69) is 25.7 Å². The fourth-order valence-corrected chi connectivity index (χ4v) is 2.51. The SMILES string of the molecule is CCC(C)C(C)N1CCC(CC(=O)O)CC1. The summed E-state index contributed by atoms with van der Waals surface area (Å²) >= 11 is 0. The van der Waals surface area contributed by atoms with Gasteiger partial charge < -0.3 is 10.0 Å². The highest BCUT2D eigenvalue weighted by Crippen LogP contribution is 2.24. The van der Waals surface area contributed by atoms with E-state index in [9.17, 15) is 4.79 Å². The second-order valence-corrected chi connectivity index (χ2v) is 5.20. The van der Waals surface area contributed by atoms with Crippen molar-refractivity contribution >= 4 is 5.97 Å². The molecule has 1 N–H and O–H groups in total. The smallest absolute Gasteiger partial charge is 0.303 e. The molecule has 3 nitrogen and oxygen atoms in total. The summed E-state index contributed by atoms with van der Waals surface area (Å²) in [5.74, 6) is 0.488. The van der Waals surface area contributed by atoms with Crippen LogP contribution in [0.4, 0.5) is 0 Å². The predicted octanol–water partition coefficient (Wildman–Crippen LogP) is 2.61. The van der Waals surface area contributed by atoms with Crippen LogP contribution in [-0.2, 0) is 4.79 Å². The molecule has 0 radical (unpaired) electrons. The van der Waals surface area contributed by atoms with Crippen LogP contribution in [0.3, 0.4) is 0 Å². The van der Waals surface area contributed by atoms with Gasteiger partial charge >= 0.3 is 5.97 Å². The highest BCUT2D eigenvalue weighted by Gasteiger charge is 2.25. The Labute approximate surface area is 98.8 Å². The van der Waals surface area contributed by atoms with Crippen molar-refractivity contribution in [2.45, 2.75) is 52.5 Å². The van der Waals surface area contributed by atoms with E-state index in [1.54, 1.807) is 0 Å². The van der Waals surface area contributed by atoms with Crippen LogP contribution in [0.5, 0.6) is 0 Å². The van der Waals surface area contributed by atoms with Crippen molar-refractivity contribution in [2.24, 2.45) is 11.8 Å². The van der Waals surface area contributed by atoms with Crippen molar-refractivity contribution in [2.75, 3.05) is 13.1 Å². The molecule has 0 amide bonds. The van der Waals surface area contributed by atoms with Crippen LogP contribution in [0, 0.1) is 11.8 Å². The highest BCUT2D eigenvalue weighted by molar-refractivity contribution is 5.67. The summed E-state index contributed by atoms with van der Waals surface area (Å²) in [4.78, 5) is 13.1. The zero-order valence-corrected chi connectivity index (χ0v) is 10.8. The van der Waals surface area contributed by atoms with E-state index in [0.29, 0.717) is 18.4 Å². The first-order valence-electron chi connectivity index (χ1n) is 6.50. The van der Waals surface area contributed by atoms with Crippen LogP contribution >= 0.6 is 0 Å². The topological polar surface area (TPSA) is 40.5 Å². The summed E-state index contributed by atoms with van der Waals surface area (Å²) < 4.78 is 0. The molecule has 16 heavy (non-hydrogen) atoms. The average Bonchev–Trinajstić information content (AvgIpc) is 2.27. The van der Waals surface area contributed by atoms with E-state index >= 15 is 0 Å². The maximum Gasteiger partial charge on any atom is 0.303 e. The molecule has 1 rings (SSSR count). The minimum atomic E-state index is -0.645. The van der Waals surface area contributed by atoms with Crippen LogP contribution in [-0.4, -0.2) is 35.1 Å². The molecule has 1 aliphatic heterocycles. The van der Waals surface area contributed by atoms with Gasteiger partial charge in [0, 0.05) is 12.5 Å². The lowest BCUT2D eigenvalue weighted by atomic mass is 9.90. The molecule has 1 aliphatic rings. The van der Waals surface area contributed by atoms with Crippen molar-refractivity contribution in [1.82, 2.24) is 4.90 Å². The Balaban J connectivity index is 2.34. The molecule has 0 aliphatic carbocycles. The monoisotopic (exact) mass is 227 g/mol. The number of piperidine rings is 1. The van der Waals surface area contributed by atoms with Gasteiger partial charge in [-0.05, 0) is 44.7 Å². The maximum absolute atomic E-state index is 10.6. The van der Waals surface area contributed by atoms with Gasteiger partial charge in [-0.3, -0.25) is 4.79 Å². The largest absolute Gasteiger partial charge is 0.481 e. The molecule has 2 atom stereocenters. The Kier molecular flexibility index (Phi) is 5.26. The number of carboxylic acids is 1. The second-order valence-electron chi connectivity index (χ2n) is 5.20. The Hall–Kier alpha value is -0.570. The third kappa shape index (κ3) is 3.78. The lowest BCUT2D eigenvalue weighted by Crippen LogP contribution is -2.43. The standard InChI is InChI=1S/C13H25NO2/c1-4-10(2)11(3)14-7-5-12(6-8-14)9-13(15)16/h10-12H,4-9H2,1-3H3,(H,15,16). The van der Waals surface area contributed by atoms with Crippen LogP contribution in [0.15, 0.2) is 0 Å². The zero-order chi connectivity index (χ0) is 12.1. The van der Waals surface area contributed by atoms with Crippen molar-refractivity contribution in [3.8, 4) is 0 Å². The Bertz CT molecular complexity index is 222. The molecule has 0 saturated carbocycles. The first-order chi connectivity index (χ1) is 7.54. The van der Waals surface area contributed by atoms with Crippen molar-refractivity contribution in [1.29, 1.82) is 0 Å². The number of hydrogen-bond acceptors (Lipinski definition) is 2. The zero-order valence-electron chi connectivity index (χ0n) is 10.8. The van der Waals surface area contributed by atoms with E-state index in [1.807, 2.05) is 0 Å². The number of carbonyl (C=O) groups is 1. The quantitative estimate of drug-likeness (QED) is 0.785. The van der Waals surface area contributed by atoms with E-state index in [0.717, 1.165) is 31.8 Å². The molecule has 2 unspecified atom stereocenters. The lowest BCUT2D eigenvalue weighted by molar-refractivity contribution is -0.138. The number of aliphatic carboxylic acids is 1. The molecule has 0 aromatic rings. The van der Waals surface area contributed by atoms with Crippen LogP contribution in [0.1, 0.15) is 46.5 Å². The van der Waals surface area contributed by atoms with Crippen LogP contribution in [0.25, 0.3) is 0 Å². The van der Waals surface area contributed by atoms with Gasteiger partial charge in [0.05, 0.1) is 0 Å². The summed E-state index contributed by atoms with van der Waals surface area (Å²) in [5, 5.41) is 8.75. The normalized spacial score (nSPS) is 22.9. The fourth-order valence-electron chi connectivity index (χ4n) is 2.51. The van der Waals surface area contributed by atoms with Gasteiger partial charge in [0.25, 0.3) is 0 Å². The van der Waals surface area contributed by atoms with Gasteiger partial charge in [-0.15, -0.1) is 0 Å². The minimum absolute atomic E-state index is 0.353. The van der Waals surface area contributed by atoms with Gasteiger partial charge in [0.2, 0.25) is 0 Å². The van der Waals surface area contributed by atoms with E-state index in [4.69, 9.17) is 5.11 Å². The predicted molar refractivity (Wildman–Crippen MR) is 65.5 cm³/mol. The number of likely N-dealkylation sites (tertiary alicyclic amines) is 1. The van der Waals surface area contributed by atoms with Crippen LogP contribution in [0.2, 0.25) is 0 Å². The Morgan fingerprint density at radius 1 is 1.38 bits per heavy atom. The highest BCUT2D eigenvalue weighted by atomic mass is 16.4. The molecule has 1 heterocycles. The molecular weight excluding hydrogens is 202 g/mol. The fraction of sp³-hybridized carbons (Fsp3) is 0.923. The number of carboxylic acid groups (broad SMARTS) is 1. The third-order valence-electron chi connectivity index (χ3n) is 4.16. The van der Waals surface area contributed by atoms with Crippen LogP contribution < -0.4 is 0 Å². The average molecular weight is 227 g/mol. The summed E-state index contributed by atoms with van der Waals surface area (Å²) in [5.41, 5.74) is 0. The maximum atomic E-state index is 10.6.